The maximum Gasteiger partial charge on any atom is 0.299 e. The summed E-state index contributed by atoms with van der Waals surface area (Å²) in [6.45, 7) is 2.18. The molecule has 3 aromatic rings. The highest BCUT2D eigenvalue weighted by Gasteiger charge is 2.53. The van der Waals surface area contributed by atoms with Gasteiger partial charge in [-0.2, -0.15) is 4.98 Å². The maximum atomic E-state index is 13.1. The molecule has 1 unspecified atom stereocenters. The summed E-state index contributed by atoms with van der Waals surface area (Å²) in [6, 6.07) is 16.0. The van der Waals surface area contributed by atoms with Crippen LogP contribution in [-0.2, 0) is 16.0 Å². The molecule has 2 amide bonds. The van der Waals surface area contributed by atoms with Crippen molar-refractivity contribution in [2.24, 2.45) is 17.4 Å². The van der Waals surface area contributed by atoms with Crippen LogP contribution in [0.4, 0.5) is 11.7 Å². The normalized spacial score (nSPS) is 23.2. The predicted molar refractivity (Wildman–Crippen MR) is 127 cm³/mol. The van der Waals surface area contributed by atoms with Crippen molar-refractivity contribution in [2.45, 2.75) is 37.6 Å². The zero-order valence-electron chi connectivity index (χ0n) is 18.6. The lowest BCUT2D eigenvalue weighted by Gasteiger charge is -2.47. The molecule has 1 aromatic heterocycles. The summed E-state index contributed by atoms with van der Waals surface area (Å²) in [6.07, 6.45) is 3.62. The van der Waals surface area contributed by atoms with Gasteiger partial charge in [-0.15, -0.1) is 0 Å². The summed E-state index contributed by atoms with van der Waals surface area (Å²) in [4.78, 5) is 33.5. The fraction of sp³-hybridized carbons (Fsp3) is 0.400. The molecule has 2 aliphatic heterocycles. The van der Waals surface area contributed by atoms with Gasteiger partial charge in [0.1, 0.15) is 11.1 Å². The molecule has 172 valence electrons. The number of fused-ring (bicyclic) bond motifs is 1. The largest absolute Gasteiger partial charge is 0.423 e. The number of piperidine rings is 1. The van der Waals surface area contributed by atoms with Crippen LogP contribution in [0.3, 0.4) is 0 Å². The van der Waals surface area contributed by atoms with E-state index in [1.165, 1.54) is 0 Å². The van der Waals surface area contributed by atoms with E-state index >= 15 is 0 Å². The number of carbonyl (C=O) groups excluding carboxylic acids is 2. The van der Waals surface area contributed by atoms with Gasteiger partial charge in [-0.05, 0) is 55.5 Å². The molecule has 2 saturated heterocycles. The molecule has 5 rings (SSSR count). The van der Waals surface area contributed by atoms with Gasteiger partial charge in [0.05, 0.1) is 6.42 Å². The minimum absolute atomic E-state index is 0.0325. The Morgan fingerprint density at radius 3 is 2.73 bits per heavy atom. The molecule has 0 radical (unpaired) electrons. The average Bonchev–Trinajstić information content (AvgIpc) is 3.46. The van der Waals surface area contributed by atoms with Crippen molar-refractivity contribution < 1.29 is 14.0 Å². The Balaban J connectivity index is 1.46. The zero-order chi connectivity index (χ0) is 23.0. The van der Waals surface area contributed by atoms with Crippen molar-refractivity contribution in [3.63, 3.8) is 0 Å². The Bertz CT molecular complexity index is 1160. The van der Waals surface area contributed by atoms with E-state index in [0.29, 0.717) is 31.1 Å². The summed E-state index contributed by atoms with van der Waals surface area (Å²) >= 11 is 0. The molecular weight excluding hydrogens is 418 g/mol. The van der Waals surface area contributed by atoms with E-state index in [9.17, 15) is 9.59 Å². The van der Waals surface area contributed by atoms with Gasteiger partial charge in [0.2, 0.25) is 11.8 Å². The number of carbonyl (C=O) groups is 2. The fourth-order valence-corrected chi connectivity index (χ4v) is 5.57. The Hall–Kier alpha value is -3.55. The number of primary amides is 2. The number of benzene rings is 2. The van der Waals surface area contributed by atoms with Gasteiger partial charge in [-0.25, -0.2) is 0 Å². The van der Waals surface area contributed by atoms with Crippen LogP contribution in [0.25, 0.3) is 11.1 Å². The molecule has 2 aromatic carbocycles. The molecular formula is C25H29N5O3. The quantitative estimate of drug-likeness (QED) is 0.600. The lowest BCUT2D eigenvalue weighted by atomic mass is 9.75. The number of nitrogens with zero attached hydrogens (tertiary/aromatic N) is 3. The first-order valence-electron chi connectivity index (χ1n) is 11.5. The summed E-state index contributed by atoms with van der Waals surface area (Å²) in [5.41, 5.74) is 14.1. The van der Waals surface area contributed by atoms with E-state index in [-0.39, 0.29) is 24.2 Å². The topological polar surface area (TPSA) is 119 Å². The molecule has 3 heterocycles. The lowest BCUT2D eigenvalue weighted by molar-refractivity contribution is -0.126. The summed E-state index contributed by atoms with van der Waals surface area (Å²) in [7, 11) is 0. The van der Waals surface area contributed by atoms with Gasteiger partial charge < -0.3 is 25.7 Å². The molecule has 0 aliphatic carbocycles. The van der Waals surface area contributed by atoms with Crippen molar-refractivity contribution in [3.8, 4) is 0 Å². The second-order valence-electron chi connectivity index (χ2n) is 9.11. The summed E-state index contributed by atoms with van der Waals surface area (Å²) < 4.78 is 6.09. The number of hydrogen-bond acceptors (Lipinski definition) is 6. The third-order valence-corrected chi connectivity index (χ3v) is 7.13. The van der Waals surface area contributed by atoms with Crippen LogP contribution in [-0.4, -0.2) is 42.0 Å². The van der Waals surface area contributed by atoms with Gasteiger partial charge in [0, 0.05) is 31.2 Å². The minimum atomic E-state index is -0.849. The smallest absolute Gasteiger partial charge is 0.299 e. The third kappa shape index (κ3) is 3.79. The number of nitrogens with two attached hydrogens (primary N) is 2. The van der Waals surface area contributed by atoms with Crippen molar-refractivity contribution in [1.82, 2.24) is 4.98 Å². The zero-order valence-corrected chi connectivity index (χ0v) is 18.6. The lowest BCUT2D eigenvalue weighted by Crippen LogP contribution is -2.65. The molecule has 33 heavy (non-hydrogen) atoms. The minimum Gasteiger partial charge on any atom is -0.423 e. The van der Waals surface area contributed by atoms with Crippen LogP contribution in [0.5, 0.6) is 0 Å². The fourth-order valence-electron chi connectivity index (χ4n) is 5.57. The molecule has 0 saturated carbocycles. The molecule has 0 spiro atoms. The van der Waals surface area contributed by atoms with Crippen molar-refractivity contribution in [2.75, 3.05) is 29.4 Å². The van der Waals surface area contributed by atoms with E-state index in [0.717, 1.165) is 42.6 Å². The molecule has 2 aliphatic rings. The van der Waals surface area contributed by atoms with E-state index in [1.54, 1.807) is 0 Å². The second-order valence-corrected chi connectivity index (χ2v) is 9.11. The number of rotatable bonds is 6. The first kappa shape index (κ1) is 21.3. The predicted octanol–water partition coefficient (Wildman–Crippen LogP) is 2.60. The van der Waals surface area contributed by atoms with Gasteiger partial charge >= 0.3 is 0 Å². The van der Waals surface area contributed by atoms with Crippen molar-refractivity contribution in [1.29, 1.82) is 0 Å². The van der Waals surface area contributed by atoms with Gasteiger partial charge in [0.15, 0.2) is 5.58 Å². The Kier molecular flexibility index (Phi) is 5.44. The van der Waals surface area contributed by atoms with Gasteiger partial charge in [-0.1, -0.05) is 24.3 Å². The second kappa shape index (κ2) is 8.42. The van der Waals surface area contributed by atoms with E-state index < -0.39 is 5.54 Å². The average molecular weight is 448 g/mol. The van der Waals surface area contributed by atoms with Crippen molar-refractivity contribution in [3.05, 3.63) is 54.1 Å². The molecule has 2 fully saturated rings. The third-order valence-electron chi connectivity index (χ3n) is 7.13. The molecule has 4 N–H and O–H groups in total. The monoisotopic (exact) mass is 447 g/mol. The van der Waals surface area contributed by atoms with Gasteiger partial charge in [0.25, 0.3) is 6.01 Å². The van der Waals surface area contributed by atoms with Crippen LogP contribution in [0.2, 0.25) is 0 Å². The summed E-state index contributed by atoms with van der Waals surface area (Å²) in [5.74, 6) is -0.640. The Morgan fingerprint density at radius 2 is 1.94 bits per heavy atom. The first-order valence-corrected chi connectivity index (χ1v) is 11.5. The van der Waals surface area contributed by atoms with E-state index in [2.05, 4.69) is 4.90 Å². The van der Waals surface area contributed by atoms with Crippen LogP contribution in [0.1, 0.15) is 31.2 Å². The molecule has 0 bridgehead atoms. The number of hydrogen-bond donors (Lipinski definition) is 2. The molecule has 8 heteroatoms. The van der Waals surface area contributed by atoms with Crippen LogP contribution < -0.4 is 21.3 Å². The maximum absolute atomic E-state index is 13.1. The highest BCUT2D eigenvalue weighted by Crippen LogP contribution is 2.43. The Labute approximate surface area is 192 Å². The van der Waals surface area contributed by atoms with Crippen molar-refractivity contribution >= 4 is 34.6 Å². The number of aromatic nitrogens is 1. The molecule has 8 nitrogen and oxygen atoms in total. The van der Waals surface area contributed by atoms with Crippen LogP contribution in [0.15, 0.2) is 52.9 Å². The van der Waals surface area contributed by atoms with E-state index in [4.69, 9.17) is 20.9 Å². The number of anilines is 2. The first-order chi connectivity index (χ1) is 16.0. The summed E-state index contributed by atoms with van der Waals surface area (Å²) in [5, 5.41) is 0. The SMILES string of the molecule is NC(=O)Cc1cccc(N2CC[C@H](C3(C(N)=O)CCCCN3c3nc4ccccc4o3)C2)c1. The number of amides is 2. The van der Waals surface area contributed by atoms with Gasteiger partial charge in [-0.3, -0.25) is 9.59 Å². The van der Waals surface area contributed by atoms with Crippen LogP contribution >= 0.6 is 0 Å². The standard InChI is InChI=1S/C25H29N5O3/c26-22(31)15-17-6-5-7-19(14-17)29-13-10-18(16-29)25(23(27)32)11-3-4-12-30(25)24-28-20-8-1-2-9-21(20)33-24/h1-2,5-9,14,18H,3-4,10-13,15-16H2,(H2,26,31)(H2,27,32)/t18-,25?/m0/s1. The molecule has 2 atom stereocenters. The Morgan fingerprint density at radius 1 is 1.09 bits per heavy atom. The van der Waals surface area contributed by atoms with E-state index in [1.807, 2.05) is 53.4 Å². The highest BCUT2D eigenvalue weighted by molar-refractivity contribution is 5.89. The van der Waals surface area contributed by atoms with Crippen LogP contribution in [0, 0.1) is 5.92 Å². The highest BCUT2D eigenvalue weighted by atomic mass is 16.4. The number of para-hydroxylation sites is 2. The number of oxazole rings is 1.